The summed E-state index contributed by atoms with van der Waals surface area (Å²) in [5.74, 6) is -5.01. The summed E-state index contributed by atoms with van der Waals surface area (Å²) in [5.41, 5.74) is 2.23. The Morgan fingerprint density at radius 2 is 0.905 bits per heavy atom. The number of pyridine rings is 1. The van der Waals surface area contributed by atoms with Gasteiger partial charge in [-0.1, -0.05) is 10.4 Å². The molecule has 0 fully saturated rings. The molecule has 5 aromatic rings. The van der Waals surface area contributed by atoms with Crippen molar-refractivity contribution in [1.82, 2.24) is 35.0 Å². The van der Waals surface area contributed by atoms with E-state index < -0.39 is 23.9 Å². The topological polar surface area (TPSA) is 224 Å². The van der Waals surface area contributed by atoms with E-state index >= 15 is 0 Å². The molecular formula is C27H19N7O8. The van der Waals surface area contributed by atoms with Gasteiger partial charge >= 0.3 is 23.9 Å². The van der Waals surface area contributed by atoms with Crippen molar-refractivity contribution in [3.8, 4) is 22.5 Å². The standard InChI is InChI=1S/C27H19N7O8/c35-24(36)16-1-14(2-17(5-16)25(37)38)10-33-12-22(29-31-33)20-7-21(9-28-8-20)23-13-34(32-30-23)11-15-3-18(26(39)40)6-19(4-15)27(41)42/h1-9,12-13H,10-11H2,(H,35,36)(H,37,38)(H,39,40)(H,41,42). The summed E-state index contributed by atoms with van der Waals surface area (Å²) in [4.78, 5) is 49.8. The summed E-state index contributed by atoms with van der Waals surface area (Å²) in [5, 5.41) is 53.6. The summed E-state index contributed by atoms with van der Waals surface area (Å²) in [6.45, 7) is 0.144. The van der Waals surface area contributed by atoms with E-state index in [9.17, 15) is 39.6 Å². The summed E-state index contributed by atoms with van der Waals surface area (Å²) >= 11 is 0. The van der Waals surface area contributed by atoms with Crippen LogP contribution in [0.5, 0.6) is 0 Å². The maximum atomic E-state index is 11.4. The zero-order chi connectivity index (χ0) is 30.0. The number of aromatic nitrogens is 7. The van der Waals surface area contributed by atoms with Crippen molar-refractivity contribution in [1.29, 1.82) is 0 Å². The highest BCUT2D eigenvalue weighted by Crippen LogP contribution is 2.23. The fraction of sp³-hybridized carbons (Fsp3) is 0.0741. The third kappa shape index (κ3) is 5.99. The molecule has 0 radical (unpaired) electrons. The van der Waals surface area contributed by atoms with Crippen LogP contribution in [0, 0.1) is 0 Å². The average molecular weight is 569 g/mol. The molecule has 0 aliphatic heterocycles. The van der Waals surface area contributed by atoms with Crippen LogP contribution in [0.25, 0.3) is 22.5 Å². The lowest BCUT2D eigenvalue weighted by Crippen LogP contribution is -2.07. The molecule has 42 heavy (non-hydrogen) atoms. The van der Waals surface area contributed by atoms with E-state index in [-0.39, 0.29) is 35.3 Å². The smallest absolute Gasteiger partial charge is 0.335 e. The lowest BCUT2D eigenvalue weighted by molar-refractivity contribution is 0.0676. The Morgan fingerprint density at radius 1 is 0.548 bits per heavy atom. The molecule has 5 rings (SSSR count). The second-order valence-corrected chi connectivity index (χ2v) is 9.12. The summed E-state index contributed by atoms with van der Waals surface area (Å²) in [6.07, 6.45) is 6.31. The monoisotopic (exact) mass is 569 g/mol. The number of carbonyl (C=O) groups is 4. The van der Waals surface area contributed by atoms with Crippen molar-refractivity contribution in [2.24, 2.45) is 0 Å². The van der Waals surface area contributed by atoms with E-state index in [1.807, 2.05) is 0 Å². The number of carboxylic acid groups (broad SMARTS) is 4. The molecule has 15 nitrogen and oxygen atoms in total. The minimum absolute atomic E-state index is 0.0719. The van der Waals surface area contributed by atoms with Crippen LogP contribution in [0.15, 0.2) is 67.3 Å². The number of benzene rings is 2. The first-order chi connectivity index (χ1) is 20.0. The number of nitrogens with zero attached hydrogens (tertiary/aromatic N) is 7. The molecule has 3 heterocycles. The zero-order valence-corrected chi connectivity index (χ0v) is 21.3. The second-order valence-electron chi connectivity index (χ2n) is 9.12. The van der Waals surface area contributed by atoms with Gasteiger partial charge in [-0.3, -0.25) is 4.98 Å². The minimum Gasteiger partial charge on any atom is -0.478 e. The van der Waals surface area contributed by atoms with E-state index in [1.54, 1.807) is 30.9 Å². The molecule has 0 atom stereocenters. The van der Waals surface area contributed by atoms with Crippen LogP contribution in [0.2, 0.25) is 0 Å². The first kappa shape index (κ1) is 27.3. The molecule has 0 saturated heterocycles. The SMILES string of the molecule is O=C(O)c1cc(Cn2cc(-c3cncc(-c4cn(Cc5cc(C(=O)O)cc(C(=O)O)c5)nn4)c3)nn2)cc(C(=O)O)c1. The predicted octanol–water partition coefficient (Wildman–Crippen LogP) is 2.49. The number of aromatic carboxylic acids is 4. The fourth-order valence-electron chi connectivity index (χ4n) is 4.17. The molecule has 0 unspecified atom stereocenters. The van der Waals surface area contributed by atoms with Crippen molar-refractivity contribution in [2.75, 3.05) is 0 Å². The molecule has 0 saturated carbocycles. The van der Waals surface area contributed by atoms with Gasteiger partial charge in [0, 0.05) is 23.5 Å². The highest BCUT2D eigenvalue weighted by atomic mass is 16.4. The van der Waals surface area contributed by atoms with Crippen molar-refractivity contribution in [3.63, 3.8) is 0 Å². The zero-order valence-electron chi connectivity index (χ0n) is 21.3. The molecule has 3 aromatic heterocycles. The van der Waals surface area contributed by atoms with Gasteiger partial charge in [0.25, 0.3) is 0 Å². The molecule has 0 bridgehead atoms. The molecule has 0 amide bonds. The Kier molecular flexibility index (Phi) is 7.21. The molecule has 15 heteroatoms. The highest BCUT2D eigenvalue weighted by Gasteiger charge is 2.15. The number of hydrogen-bond acceptors (Lipinski definition) is 9. The lowest BCUT2D eigenvalue weighted by atomic mass is 10.1. The second kappa shape index (κ2) is 11.1. The van der Waals surface area contributed by atoms with E-state index in [1.165, 1.54) is 33.6 Å². The Labute approximate surface area is 234 Å². The molecule has 0 aliphatic carbocycles. The predicted molar refractivity (Wildman–Crippen MR) is 141 cm³/mol. The van der Waals surface area contributed by atoms with Gasteiger partial charge in [-0.25, -0.2) is 28.5 Å². The Balaban J connectivity index is 1.35. The molecule has 4 N–H and O–H groups in total. The molecule has 0 spiro atoms. The molecule has 210 valence electrons. The van der Waals surface area contributed by atoms with E-state index in [2.05, 4.69) is 25.6 Å². The van der Waals surface area contributed by atoms with Crippen LogP contribution in [0.1, 0.15) is 52.6 Å². The van der Waals surface area contributed by atoms with Crippen molar-refractivity contribution < 1.29 is 39.6 Å². The maximum absolute atomic E-state index is 11.4. The maximum Gasteiger partial charge on any atom is 0.335 e. The molecule has 0 aliphatic rings. The van der Waals surface area contributed by atoms with Crippen LogP contribution >= 0.6 is 0 Å². The summed E-state index contributed by atoms with van der Waals surface area (Å²) in [6, 6.07) is 9.36. The number of hydrogen-bond donors (Lipinski definition) is 4. The third-order valence-corrected chi connectivity index (χ3v) is 6.07. The third-order valence-electron chi connectivity index (χ3n) is 6.07. The van der Waals surface area contributed by atoms with E-state index in [4.69, 9.17) is 0 Å². The van der Waals surface area contributed by atoms with Gasteiger partial charge in [0.2, 0.25) is 0 Å². The summed E-state index contributed by atoms with van der Waals surface area (Å²) in [7, 11) is 0. The Bertz CT molecular complexity index is 1680. The van der Waals surface area contributed by atoms with Gasteiger partial charge in [0.1, 0.15) is 11.4 Å². The van der Waals surface area contributed by atoms with E-state index in [0.717, 1.165) is 12.1 Å². The Hall–Kier alpha value is -6.25. The van der Waals surface area contributed by atoms with Crippen LogP contribution in [0.3, 0.4) is 0 Å². The van der Waals surface area contributed by atoms with Gasteiger partial charge in [-0.15, -0.1) is 10.2 Å². The quantitative estimate of drug-likeness (QED) is 0.190. The lowest BCUT2D eigenvalue weighted by Gasteiger charge is -2.05. The summed E-state index contributed by atoms with van der Waals surface area (Å²) < 4.78 is 2.86. The van der Waals surface area contributed by atoms with Gasteiger partial charge in [-0.05, 0) is 53.6 Å². The molecule has 2 aromatic carbocycles. The van der Waals surface area contributed by atoms with Crippen LogP contribution in [-0.4, -0.2) is 79.3 Å². The average Bonchev–Trinajstić information content (AvgIpc) is 3.62. The molecular weight excluding hydrogens is 550 g/mol. The normalized spacial score (nSPS) is 10.9. The van der Waals surface area contributed by atoms with E-state index in [0.29, 0.717) is 33.6 Å². The minimum atomic E-state index is -1.25. The van der Waals surface area contributed by atoms with Crippen molar-refractivity contribution in [2.45, 2.75) is 13.1 Å². The number of carboxylic acids is 4. The van der Waals surface area contributed by atoms with Gasteiger partial charge in [0.05, 0.1) is 47.7 Å². The largest absolute Gasteiger partial charge is 0.478 e. The number of rotatable bonds is 10. The first-order valence-electron chi connectivity index (χ1n) is 12.0. The van der Waals surface area contributed by atoms with Gasteiger partial charge < -0.3 is 20.4 Å². The van der Waals surface area contributed by atoms with Crippen molar-refractivity contribution >= 4 is 23.9 Å². The Morgan fingerprint density at radius 3 is 1.24 bits per heavy atom. The highest BCUT2D eigenvalue weighted by molar-refractivity contribution is 5.94. The van der Waals surface area contributed by atoms with Crippen LogP contribution in [-0.2, 0) is 13.1 Å². The van der Waals surface area contributed by atoms with Gasteiger partial charge in [-0.2, -0.15) is 0 Å². The van der Waals surface area contributed by atoms with Crippen LogP contribution < -0.4 is 0 Å². The van der Waals surface area contributed by atoms with Crippen LogP contribution in [0.4, 0.5) is 0 Å². The fourth-order valence-corrected chi connectivity index (χ4v) is 4.17. The van der Waals surface area contributed by atoms with Gasteiger partial charge in [0.15, 0.2) is 0 Å². The van der Waals surface area contributed by atoms with Crippen molar-refractivity contribution in [3.05, 3.63) is 101 Å². The first-order valence-corrected chi connectivity index (χ1v) is 12.0.